The zero-order valence-corrected chi connectivity index (χ0v) is 17.2. The second-order valence-electron chi connectivity index (χ2n) is 7.57. The van der Waals surface area contributed by atoms with Gasteiger partial charge in [0, 0.05) is 22.2 Å². The minimum absolute atomic E-state index is 0.315. The number of hydrogen-bond acceptors (Lipinski definition) is 6. The van der Waals surface area contributed by atoms with Crippen LogP contribution in [0.4, 0.5) is 5.69 Å². The monoisotopic (exact) mass is 411 g/mol. The van der Waals surface area contributed by atoms with Gasteiger partial charge in [-0.05, 0) is 44.5 Å². The Morgan fingerprint density at radius 1 is 1.10 bits per heavy atom. The summed E-state index contributed by atoms with van der Waals surface area (Å²) in [4.78, 5) is 25.1. The molecule has 1 fully saturated rings. The lowest BCUT2D eigenvalue weighted by molar-refractivity contribution is -0.532. The van der Waals surface area contributed by atoms with Gasteiger partial charge in [-0.3, -0.25) is 20.2 Å². The molecule has 1 amide bonds. The van der Waals surface area contributed by atoms with Crippen LogP contribution in [-0.2, 0) is 10.3 Å². The molecule has 1 saturated heterocycles. The van der Waals surface area contributed by atoms with E-state index in [1.54, 1.807) is 36.4 Å². The van der Waals surface area contributed by atoms with Crippen molar-refractivity contribution in [2.45, 2.75) is 44.3 Å². The van der Waals surface area contributed by atoms with E-state index in [-0.39, 0.29) is 11.0 Å². The fourth-order valence-corrected chi connectivity index (χ4v) is 4.83. The van der Waals surface area contributed by atoms with Crippen molar-refractivity contribution in [3.63, 3.8) is 0 Å². The third-order valence-electron chi connectivity index (χ3n) is 5.92. The van der Waals surface area contributed by atoms with E-state index in [0.717, 1.165) is 5.56 Å². The highest BCUT2D eigenvalue weighted by atomic mass is 16.6. The Morgan fingerprint density at radius 3 is 2.50 bits per heavy atom. The van der Waals surface area contributed by atoms with Crippen molar-refractivity contribution in [2.24, 2.45) is 0 Å². The van der Waals surface area contributed by atoms with Crippen LogP contribution in [-0.4, -0.2) is 36.1 Å². The second kappa shape index (κ2) is 7.60. The summed E-state index contributed by atoms with van der Waals surface area (Å²) in [7, 11) is 0. The van der Waals surface area contributed by atoms with Gasteiger partial charge in [-0.25, -0.2) is 0 Å². The minimum atomic E-state index is -1.42. The van der Waals surface area contributed by atoms with Gasteiger partial charge >= 0.3 is 0 Å². The summed E-state index contributed by atoms with van der Waals surface area (Å²) in [6.45, 7) is 6.56. The smallest absolute Gasteiger partial charge is 0.256 e. The molecular weight excluding hydrogens is 386 g/mol. The SMILES string of the molecule is CCOc1ccc([C@@H]2[C@H](C)N[C@]3(C(=O)Nc4ccccc43)[C@H]2[N+](=O)[O-])cc1OCC. The highest BCUT2D eigenvalue weighted by molar-refractivity contribution is 6.07. The molecule has 0 aliphatic carbocycles. The fraction of sp³-hybridized carbons (Fsp3) is 0.409. The molecule has 8 nitrogen and oxygen atoms in total. The number of carbonyl (C=O) groups excluding carboxylic acids is 1. The van der Waals surface area contributed by atoms with Crippen molar-refractivity contribution in [1.82, 2.24) is 5.32 Å². The molecule has 8 heteroatoms. The molecule has 2 aromatic carbocycles. The Balaban J connectivity index is 1.83. The van der Waals surface area contributed by atoms with Crippen molar-refractivity contribution in [3.8, 4) is 11.5 Å². The van der Waals surface area contributed by atoms with Crippen LogP contribution >= 0.6 is 0 Å². The zero-order valence-electron chi connectivity index (χ0n) is 17.2. The summed E-state index contributed by atoms with van der Waals surface area (Å²) in [6, 6.07) is 11.0. The Labute approximate surface area is 174 Å². The number of benzene rings is 2. The lowest BCUT2D eigenvalue weighted by Crippen LogP contribution is -2.54. The highest BCUT2D eigenvalue weighted by Crippen LogP contribution is 2.50. The predicted molar refractivity (Wildman–Crippen MR) is 112 cm³/mol. The van der Waals surface area contributed by atoms with Gasteiger partial charge in [0.15, 0.2) is 17.0 Å². The third kappa shape index (κ3) is 2.90. The molecule has 0 bridgehead atoms. The molecule has 0 unspecified atom stereocenters. The maximum absolute atomic E-state index is 13.1. The molecule has 2 aliphatic heterocycles. The van der Waals surface area contributed by atoms with E-state index in [1.807, 2.05) is 26.8 Å². The van der Waals surface area contributed by atoms with Gasteiger partial charge < -0.3 is 14.8 Å². The third-order valence-corrected chi connectivity index (χ3v) is 5.92. The van der Waals surface area contributed by atoms with E-state index in [1.165, 1.54) is 0 Å². The first-order valence-electron chi connectivity index (χ1n) is 10.2. The summed E-state index contributed by atoms with van der Waals surface area (Å²) in [5.74, 6) is 0.212. The summed E-state index contributed by atoms with van der Waals surface area (Å²) < 4.78 is 11.3. The molecular formula is C22H25N3O5. The van der Waals surface area contributed by atoms with Gasteiger partial charge in [0.2, 0.25) is 0 Å². The molecule has 0 saturated carbocycles. The van der Waals surface area contributed by atoms with Crippen LogP contribution in [0.1, 0.15) is 37.8 Å². The standard InChI is InChI=1S/C22H25N3O5/c1-4-29-17-11-10-14(12-18(17)30-5-2)19-13(3)24-22(20(19)25(27)28)15-8-6-7-9-16(15)23-21(22)26/h6-13,19-20,24H,4-5H2,1-3H3,(H,23,26)/t13-,19-,20-,22-/m0/s1. The minimum Gasteiger partial charge on any atom is -0.490 e. The number of ether oxygens (including phenoxy) is 2. The zero-order chi connectivity index (χ0) is 21.5. The molecule has 4 rings (SSSR count). The normalized spacial score (nSPS) is 27.0. The number of nitro groups is 1. The fourth-order valence-electron chi connectivity index (χ4n) is 4.83. The lowest BCUT2D eigenvalue weighted by Gasteiger charge is -2.25. The van der Waals surface area contributed by atoms with Gasteiger partial charge in [-0.2, -0.15) is 0 Å². The lowest BCUT2D eigenvalue weighted by atomic mass is 9.78. The number of nitrogens with one attached hydrogen (secondary N) is 2. The second-order valence-corrected chi connectivity index (χ2v) is 7.57. The number of anilines is 1. The Hall–Kier alpha value is -3.13. The molecule has 2 aliphatic rings. The average Bonchev–Trinajstić information content (AvgIpc) is 3.18. The van der Waals surface area contributed by atoms with Crippen LogP contribution in [0.15, 0.2) is 42.5 Å². The first-order chi connectivity index (χ1) is 14.4. The molecule has 0 aromatic heterocycles. The maximum Gasteiger partial charge on any atom is 0.256 e. The van der Waals surface area contributed by atoms with Crippen molar-refractivity contribution >= 4 is 11.6 Å². The highest BCUT2D eigenvalue weighted by Gasteiger charge is 2.67. The molecule has 1 spiro atoms. The van der Waals surface area contributed by atoms with Gasteiger partial charge in [0.1, 0.15) is 0 Å². The van der Waals surface area contributed by atoms with Crippen molar-refractivity contribution in [1.29, 1.82) is 0 Å². The Morgan fingerprint density at radius 2 is 1.80 bits per heavy atom. The number of rotatable bonds is 6. The van der Waals surface area contributed by atoms with Crippen molar-refractivity contribution in [2.75, 3.05) is 18.5 Å². The maximum atomic E-state index is 13.1. The van der Waals surface area contributed by atoms with Crippen LogP contribution in [0.3, 0.4) is 0 Å². The first kappa shape index (κ1) is 20.2. The predicted octanol–water partition coefficient (Wildman–Crippen LogP) is 3.05. The number of nitrogens with zero attached hydrogens (tertiary/aromatic N) is 1. The van der Waals surface area contributed by atoms with E-state index in [0.29, 0.717) is 36.0 Å². The summed E-state index contributed by atoms with van der Waals surface area (Å²) in [5, 5.41) is 18.5. The summed E-state index contributed by atoms with van der Waals surface area (Å²) >= 11 is 0. The largest absolute Gasteiger partial charge is 0.490 e. The molecule has 2 N–H and O–H groups in total. The average molecular weight is 411 g/mol. The molecule has 2 heterocycles. The topological polar surface area (TPSA) is 103 Å². The van der Waals surface area contributed by atoms with E-state index < -0.39 is 23.4 Å². The van der Waals surface area contributed by atoms with E-state index in [2.05, 4.69) is 10.6 Å². The number of carbonyl (C=O) groups is 1. The molecule has 158 valence electrons. The van der Waals surface area contributed by atoms with E-state index >= 15 is 0 Å². The number of amides is 1. The van der Waals surface area contributed by atoms with E-state index in [9.17, 15) is 14.9 Å². The summed E-state index contributed by atoms with van der Waals surface area (Å²) in [6.07, 6.45) is 0. The van der Waals surface area contributed by atoms with Crippen LogP contribution in [0.25, 0.3) is 0 Å². The van der Waals surface area contributed by atoms with Gasteiger partial charge in [-0.1, -0.05) is 24.3 Å². The molecule has 2 aromatic rings. The van der Waals surface area contributed by atoms with Crippen LogP contribution < -0.4 is 20.1 Å². The number of para-hydroxylation sites is 1. The van der Waals surface area contributed by atoms with Gasteiger partial charge in [-0.15, -0.1) is 0 Å². The van der Waals surface area contributed by atoms with Gasteiger partial charge in [0.05, 0.1) is 19.1 Å². The Bertz CT molecular complexity index is 994. The van der Waals surface area contributed by atoms with Crippen LogP contribution in [0, 0.1) is 10.1 Å². The quantitative estimate of drug-likeness (QED) is 0.559. The number of hydrogen-bond donors (Lipinski definition) is 2. The molecule has 4 atom stereocenters. The molecule has 30 heavy (non-hydrogen) atoms. The van der Waals surface area contributed by atoms with Crippen LogP contribution in [0.2, 0.25) is 0 Å². The van der Waals surface area contributed by atoms with Gasteiger partial charge in [0.25, 0.3) is 11.9 Å². The summed E-state index contributed by atoms with van der Waals surface area (Å²) in [5.41, 5.74) is 0.533. The van der Waals surface area contributed by atoms with Crippen LogP contribution in [0.5, 0.6) is 11.5 Å². The van der Waals surface area contributed by atoms with Crippen molar-refractivity contribution in [3.05, 3.63) is 63.7 Å². The number of fused-ring (bicyclic) bond motifs is 2. The van der Waals surface area contributed by atoms with E-state index in [4.69, 9.17) is 9.47 Å². The Kier molecular flexibility index (Phi) is 5.11. The molecule has 0 radical (unpaired) electrons. The first-order valence-corrected chi connectivity index (χ1v) is 10.2. The van der Waals surface area contributed by atoms with Crippen molar-refractivity contribution < 1.29 is 19.2 Å².